The average Bonchev–Trinajstić information content (AvgIpc) is 2.56. The van der Waals surface area contributed by atoms with Crippen LogP contribution in [0.2, 0.25) is 0 Å². The molecule has 0 heterocycles. The van der Waals surface area contributed by atoms with E-state index < -0.39 is 6.10 Å². The van der Waals surface area contributed by atoms with E-state index in [0.717, 1.165) is 22.4 Å². The Morgan fingerprint density at radius 3 is 2.46 bits per heavy atom. The molecule has 128 valence electrons. The van der Waals surface area contributed by atoms with Crippen molar-refractivity contribution in [3.63, 3.8) is 0 Å². The highest BCUT2D eigenvalue weighted by molar-refractivity contribution is 5.91. The van der Waals surface area contributed by atoms with Gasteiger partial charge in [-0.05, 0) is 49.6 Å². The van der Waals surface area contributed by atoms with Crippen LogP contribution in [0.15, 0.2) is 36.4 Å². The number of aliphatic hydroxyl groups is 1. The summed E-state index contributed by atoms with van der Waals surface area (Å²) in [4.78, 5) is 12.1. The van der Waals surface area contributed by atoms with Crippen molar-refractivity contribution in [1.29, 1.82) is 0 Å². The third-order valence-corrected chi connectivity index (χ3v) is 3.85. The van der Waals surface area contributed by atoms with E-state index in [-0.39, 0.29) is 12.6 Å². The number of rotatable bonds is 5. The molecular weight excluding hydrogens is 304 g/mol. The van der Waals surface area contributed by atoms with Gasteiger partial charge in [-0.3, -0.25) is 0 Å². The molecule has 3 N–H and O–H groups in total. The number of hydrogen-bond donors (Lipinski definition) is 3. The molecule has 0 fully saturated rings. The minimum absolute atomic E-state index is 0.114. The largest absolute Gasteiger partial charge is 0.497 e. The first-order valence-corrected chi connectivity index (χ1v) is 7.85. The van der Waals surface area contributed by atoms with Crippen LogP contribution in [-0.2, 0) is 0 Å². The van der Waals surface area contributed by atoms with Crippen LogP contribution in [0.5, 0.6) is 5.75 Å². The average molecular weight is 328 g/mol. The van der Waals surface area contributed by atoms with Crippen molar-refractivity contribution in [2.24, 2.45) is 0 Å². The molecule has 0 aliphatic rings. The molecule has 0 saturated carbocycles. The Morgan fingerprint density at radius 2 is 1.83 bits per heavy atom. The van der Waals surface area contributed by atoms with Crippen LogP contribution in [0.3, 0.4) is 0 Å². The first-order valence-electron chi connectivity index (χ1n) is 7.85. The fourth-order valence-electron chi connectivity index (χ4n) is 2.69. The predicted octanol–water partition coefficient (Wildman–Crippen LogP) is 3.48. The molecule has 0 radical (unpaired) electrons. The van der Waals surface area contributed by atoms with Crippen molar-refractivity contribution in [3.05, 3.63) is 58.7 Å². The number of aliphatic hydroxyl groups excluding tert-OH is 1. The SMILES string of the molecule is COc1cccc(C(O)CNC(=O)Nc2c(C)cc(C)cc2C)c1. The topological polar surface area (TPSA) is 70.6 Å². The zero-order valence-corrected chi connectivity index (χ0v) is 14.5. The van der Waals surface area contributed by atoms with Gasteiger partial charge in [-0.25, -0.2) is 4.79 Å². The van der Waals surface area contributed by atoms with Gasteiger partial charge in [-0.15, -0.1) is 0 Å². The third kappa shape index (κ3) is 4.49. The molecule has 0 aliphatic carbocycles. The first-order chi connectivity index (χ1) is 11.4. The molecule has 0 bridgehead atoms. The third-order valence-electron chi connectivity index (χ3n) is 3.85. The van der Waals surface area contributed by atoms with Gasteiger partial charge in [0.2, 0.25) is 0 Å². The molecule has 0 aliphatic heterocycles. The highest BCUT2D eigenvalue weighted by Gasteiger charge is 2.12. The summed E-state index contributed by atoms with van der Waals surface area (Å²) in [5.41, 5.74) is 4.67. The highest BCUT2D eigenvalue weighted by Crippen LogP contribution is 2.22. The Bertz CT molecular complexity index is 705. The van der Waals surface area contributed by atoms with E-state index in [0.29, 0.717) is 11.3 Å². The van der Waals surface area contributed by atoms with Crippen LogP contribution in [-0.4, -0.2) is 24.8 Å². The summed E-state index contributed by atoms with van der Waals surface area (Å²) in [7, 11) is 1.57. The van der Waals surface area contributed by atoms with Crippen molar-refractivity contribution >= 4 is 11.7 Å². The van der Waals surface area contributed by atoms with Crippen molar-refractivity contribution in [2.45, 2.75) is 26.9 Å². The minimum Gasteiger partial charge on any atom is -0.497 e. The van der Waals surface area contributed by atoms with Crippen molar-refractivity contribution < 1.29 is 14.6 Å². The van der Waals surface area contributed by atoms with Crippen LogP contribution in [0.4, 0.5) is 10.5 Å². The second-order valence-corrected chi connectivity index (χ2v) is 5.90. The molecule has 0 spiro atoms. The number of aryl methyl sites for hydroxylation is 3. The van der Waals surface area contributed by atoms with Gasteiger partial charge < -0.3 is 20.5 Å². The fourth-order valence-corrected chi connectivity index (χ4v) is 2.69. The fraction of sp³-hybridized carbons (Fsp3) is 0.316. The Hall–Kier alpha value is -2.53. The summed E-state index contributed by atoms with van der Waals surface area (Å²) >= 11 is 0. The molecule has 2 rings (SSSR count). The molecule has 1 atom stereocenters. The second-order valence-electron chi connectivity index (χ2n) is 5.90. The van der Waals surface area contributed by atoms with E-state index >= 15 is 0 Å². The number of urea groups is 1. The summed E-state index contributed by atoms with van der Waals surface area (Å²) in [5.74, 6) is 0.668. The normalized spacial score (nSPS) is 11.7. The standard InChI is InChI=1S/C19H24N2O3/c1-12-8-13(2)18(14(3)9-12)21-19(23)20-11-17(22)15-6-5-7-16(10-15)24-4/h5-10,17,22H,11H2,1-4H3,(H2,20,21,23). The summed E-state index contributed by atoms with van der Waals surface area (Å²) in [6, 6.07) is 10.9. The molecular formula is C19H24N2O3. The highest BCUT2D eigenvalue weighted by atomic mass is 16.5. The molecule has 1 unspecified atom stereocenters. The molecule has 0 aromatic heterocycles. The second kappa shape index (κ2) is 7.84. The summed E-state index contributed by atoms with van der Waals surface area (Å²) < 4.78 is 5.13. The zero-order valence-electron chi connectivity index (χ0n) is 14.5. The van der Waals surface area contributed by atoms with Gasteiger partial charge in [0.05, 0.1) is 13.2 Å². The lowest BCUT2D eigenvalue weighted by atomic mass is 10.1. The molecule has 2 amide bonds. The number of hydrogen-bond acceptors (Lipinski definition) is 3. The van der Waals surface area contributed by atoms with E-state index in [1.165, 1.54) is 0 Å². The number of carbonyl (C=O) groups is 1. The number of amides is 2. The number of nitrogens with one attached hydrogen (secondary N) is 2. The number of benzene rings is 2. The van der Waals surface area contributed by atoms with E-state index in [1.54, 1.807) is 31.4 Å². The maximum Gasteiger partial charge on any atom is 0.319 e. The number of methoxy groups -OCH3 is 1. The number of carbonyl (C=O) groups excluding carboxylic acids is 1. The van der Waals surface area contributed by atoms with E-state index in [4.69, 9.17) is 4.74 Å². The van der Waals surface area contributed by atoms with E-state index in [1.807, 2.05) is 32.9 Å². The van der Waals surface area contributed by atoms with Gasteiger partial charge in [0, 0.05) is 12.2 Å². The van der Waals surface area contributed by atoms with Gasteiger partial charge in [0.1, 0.15) is 5.75 Å². The number of anilines is 1. The van der Waals surface area contributed by atoms with Crippen LogP contribution < -0.4 is 15.4 Å². The van der Waals surface area contributed by atoms with Crippen molar-refractivity contribution in [3.8, 4) is 5.75 Å². The lowest BCUT2D eigenvalue weighted by Crippen LogP contribution is -2.32. The molecule has 5 heteroatoms. The smallest absolute Gasteiger partial charge is 0.319 e. The number of ether oxygens (including phenoxy) is 1. The van der Waals surface area contributed by atoms with Gasteiger partial charge >= 0.3 is 6.03 Å². The minimum atomic E-state index is -0.800. The maximum absolute atomic E-state index is 12.1. The Labute approximate surface area is 142 Å². The Balaban J connectivity index is 1.96. The first kappa shape index (κ1) is 17.8. The van der Waals surface area contributed by atoms with Gasteiger partial charge in [-0.2, -0.15) is 0 Å². The molecule has 24 heavy (non-hydrogen) atoms. The predicted molar refractivity (Wildman–Crippen MR) is 95.6 cm³/mol. The van der Waals surface area contributed by atoms with Crippen LogP contribution in [0, 0.1) is 20.8 Å². The van der Waals surface area contributed by atoms with E-state index in [9.17, 15) is 9.90 Å². The summed E-state index contributed by atoms with van der Waals surface area (Å²) in [5, 5.41) is 15.7. The molecule has 2 aromatic rings. The maximum atomic E-state index is 12.1. The Morgan fingerprint density at radius 1 is 1.17 bits per heavy atom. The molecule has 0 saturated heterocycles. The van der Waals surface area contributed by atoms with Crippen LogP contribution in [0.1, 0.15) is 28.4 Å². The lowest BCUT2D eigenvalue weighted by Gasteiger charge is -2.16. The lowest BCUT2D eigenvalue weighted by molar-refractivity contribution is 0.175. The zero-order chi connectivity index (χ0) is 17.7. The quantitative estimate of drug-likeness (QED) is 0.787. The summed E-state index contributed by atoms with van der Waals surface area (Å²) in [6.07, 6.45) is -0.800. The summed E-state index contributed by atoms with van der Waals surface area (Å²) in [6.45, 7) is 6.05. The van der Waals surface area contributed by atoms with Crippen LogP contribution >= 0.6 is 0 Å². The molecule has 2 aromatic carbocycles. The van der Waals surface area contributed by atoms with Gasteiger partial charge in [0.15, 0.2) is 0 Å². The van der Waals surface area contributed by atoms with Crippen molar-refractivity contribution in [1.82, 2.24) is 5.32 Å². The van der Waals surface area contributed by atoms with Crippen molar-refractivity contribution in [2.75, 3.05) is 19.0 Å². The van der Waals surface area contributed by atoms with Crippen LogP contribution in [0.25, 0.3) is 0 Å². The van der Waals surface area contributed by atoms with Gasteiger partial charge in [0.25, 0.3) is 0 Å². The monoisotopic (exact) mass is 328 g/mol. The van der Waals surface area contributed by atoms with Gasteiger partial charge in [-0.1, -0.05) is 29.8 Å². The Kier molecular flexibility index (Phi) is 5.82. The van der Waals surface area contributed by atoms with E-state index in [2.05, 4.69) is 10.6 Å². The molecule has 5 nitrogen and oxygen atoms in total.